The van der Waals surface area contributed by atoms with E-state index < -0.39 is 0 Å². The predicted octanol–water partition coefficient (Wildman–Crippen LogP) is 10.1. The summed E-state index contributed by atoms with van der Waals surface area (Å²) in [6.07, 6.45) is 13.8. The maximum atomic E-state index is 5.09. The van der Waals surface area contributed by atoms with Crippen molar-refractivity contribution in [3.63, 3.8) is 0 Å². The fourth-order valence-electron chi connectivity index (χ4n) is 15.5. The molecule has 5 aliphatic rings. The van der Waals surface area contributed by atoms with Crippen LogP contribution in [0.2, 0.25) is 0 Å². The van der Waals surface area contributed by atoms with Crippen LogP contribution < -0.4 is 31.5 Å². The molecule has 0 unspecified atom stereocenters. The highest BCUT2D eigenvalue weighted by molar-refractivity contribution is 5.45. The lowest BCUT2D eigenvalue weighted by atomic mass is 9.73. The molecule has 7 heterocycles. The van der Waals surface area contributed by atoms with Gasteiger partial charge in [-0.3, -0.25) is 24.5 Å². The molecule has 0 spiro atoms. The maximum absolute atomic E-state index is 5.09. The first-order valence-corrected chi connectivity index (χ1v) is 30.3. The van der Waals surface area contributed by atoms with E-state index in [0.717, 1.165) is 97.1 Å². The van der Waals surface area contributed by atoms with Gasteiger partial charge in [-0.05, 0) is 240 Å². The van der Waals surface area contributed by atoms with Crippen LogP contribution in [0.1, 0.15) is 188 Å². The monoisotopic (exact) mass is 1070 g/mol. The van der Waals surface area contributed by atoms with E-state index in [1.54, 1.807) is 0 Å². The van der Waals surface area contributed by atoms with Crippen LogP contribution in [0, 0.1) is 23.7 Å². The van der Waals surface area contributed by atoms with Gasteiger partial charge in [0.1, 0.15) is 0 Å². The number of likely N-dealkylation sites (tertiary alicyclic amines) is 4. The van der Waals surface area contributed by atoms with E-state index in [2.05, 4.69) is 195 Å². The summed E-state index contributed by atoms with van der Waals surface area (Å²) in [5, 5.41) is 18.2. The van der Waals surface area contributed by atoms with Crippen LogP contribution in [0.3, 0.4) is 0 Å². The SMILES string of the molecule is CN1C(C)(C)CC(CCNc2nc(NCCC3CC(C)(C)N(C)C(C)(C)C3)nc(NCCN3CCN(c4nc(NCCC5CC(C)(C)N(C)C(C)(C)C5)nc(NCCC5CC(C)(C)N(C)C(C)(C)C5)n4)CC3)n2)CC1(C)C. The van der Waals surface area contributed by atoms with Gasteiger partial charge in [-0.1, -0.05) is 0 Å². The molecule has 17 heteroatoms. The average Bonchev–Trinajstić information content (AvgIpc) is 3.30. The Bertz CT molecular complexity index is 2020. The Labute approximate surface area is 469 Å². The molecule has 5 N–H and O–H groups in total. The molecule has 0 bridgehead atoms. The van der Waals surface area contributed by atoms with E-state index >= 15 is 0 Å². The fourth-order valence-corrected chi connectivity index (χ4v) is 15.5. The normalized spacial score (nSPS) is 25.4. The van der Waals surface area contributed by atoms with Gasteiger partial charge in [-0.15, -0.1) is 0 Å². The van der Waals surface area contributed by atoms with E-state index in [9.17, 15) is 0 Å². The van der Waals surface area contributed by atoms with Crippen molar-refractivity contribution in [2.45, 2.75) is 232 Å². The van der Waals surface area contributed by atoms with Gasteiger partial charge < -0.3 is 31.5 Å². The predicted molar refractivity (Wildman–Crippen MR) is 324 cm³/mol. The molecule has 5 saturated heterocycles. The molecule has 0 atom stereocenters. The summed E-state index contributed by atoms with van der Waals surface area (Å²) in [6.45, 7) is 46.7. The van der Waals surface area contributed by atoms with Crippen molar-refractivity contribution in [1.82, 2.24) is 54.4 Å². The molecule has 0 amide bonds. The minimum absolute atomic E-state index is 0.164. The van der Waals surface area contributed by atoms with Gasteiger partial charge in [0.2, 0.25) is 35.7 Å². The van der Waals surface area contributed by atoms with Crippen LogP contribution in [0.15, 0.2) is 0 Å². The summed E-state index contributed by atoms with van der Waals surface area (Å²) in [5.41, 5.74) is 1.32. The summed E-state index contributed by atoms with van der Waals surface area (Å²) >= 11 is 0. The van der Waals surface area contributed by atoms with Gasteiger partial charge >= 0.3 is 0 Å². The van der Waals surface area contributed by atoms with Crippen LogP contribution in [0.25, 0.3) is 0 Å². The Morgan fingerprint density at radius 3 is 0.792 bits per heavy atom. The zero-order valence-electron chi connectivity index (χ0n) is 52.7. The number of rotatable bonds is 21. The third kappa shape index (κ3) is 15.5. The molecule has 0 aliphatic carbocycles. The summed E-state index contributed by atoms with van der Waals surface area (Å²) < 4.78 is 0. The first-order valence-electron chi connectivity index (χ1n) is 30.3. The highest BCUT2D eigenvalue weighted by Gasteiger charge is 2.46. The van der Waals surface area contributed by atoms with E-state index in [0.29, 0.717) is 53.4 Å². The van der Waals surface area contributed by atoms with Crippen molar-refractivity contribution in [3.8, 4) is 0 Å². The van der Waals surface area contributed by atoms with Crippen molar-refractivity contribution in [1.29, 1.82) is 0 Å². The van der Waals surface area contributed by atoms with E-state index in [-0.39, 0.29) is 44.3 Å². The zero-order valence-corrected chi connectivity index (χ0v) is 52.7. The summed E-state index contributed by atoms with van der Waals surface area (Å²) in [5.74, 6) is 6.51. The number of piperidine rings is 4. The molecule has 7 rings (SSSR count). The largest absolute Gasteiger partial charge is 0.354 e. The molecule has 0 radical (unpaired) electrons. The minimum Gasteiger partial charge on any atom is -0.354 e. The van der Waals surface area contributed by atoms with E-state index in [1.807, 2.05) is 0 Å². The Balaban J connectivity index is 0.965. The third-order valence-corrected chi connectivity index (χ3v) is 20.5. The van der Waals surface area contributed by atoms with E-state index in [4.69, 9.17) is 29.9 Å². The fraction of sp³-hybridized carbons (Fsp3) is 0.900. The number of anilines is 6. The lowest BCUT2D eigenvalue weighted by Gasteiger charge is -2.54. The van der Waals surface area contributed by atoms with Crippen molar-refractivity contribution in [2.75, 3.05) is 125 Å². The van der Waals surface area contributed by atoms with Gasteiger partial charge in [-0.25, -0.2) is 0 Å². The maximum Gasteiger partial charge on any atom is 0.232 e. The van der Waals surface area contributed by atoms with Crippen LogP contribution in [-0.2, 0) is 0 Å². The molecule has 5 fully saturated rings. The Morgan fingerprint density at radius 1 is 0.325 bits per heavy atom. The van der Waals surface area contributed by atoms with Crippen LogP contribution in [-0.4, -0.2) is 192 Å². The van der Waals surface area contributed by atoms with Crippen LogP contribution >= 0.6 is 0 Å². The Kier molecular flexibility index (Phi) is 18.8. The van der Waals surface area contributed by atoms with Crippen molar-refractivity contribution < 1.29 is 0 Å². The van der Waals surface area contributed by atoms with Gasteiger partial charge in [-0.2, -0.15) is 29.9 Å². The molecular weight excluding hydrogens is 959 g/mol. The average molecular weight is 1070 g/mol. The molecule has 77 heavy (non-hydrogen) atoms. The van der Waals surface area contributed by atoms with Crippen molar-refractivity contribution >= 4 is 35.7 Å². The van der Waals surface area contributed by atoms with Gasteiger partial charge in [0.05, 0.1) is 0 Å². The molecule has 438 valence electrons. The molecule has 5 aliphatic heterocycles. The number of nitrogens with zero attached hydrogens (tertiary/aromatic N) is 12. The molecule has 0 aromatic carbocycles. The standard InChI is InChI=1S/C60H113N17/c1-53(2)35-43(36-54(3,4)72(53)17)21-25-61-47-66-48(62-26-22-44-37-55(5,6)73(18)56(7,8)38-44)68-49(67-47)65-29-30-76-31-33-77(34-32-76)52-70-50(63-27-23-45-39-57(9,10)74(19)58(11,12)40-45)69-51(71-52)64-28-24-46-41-59(13,14)75(20)60(15,16)42-46/h43-46H,21-42H2,1-20H3,(H2,63,64,69,70,71)(H3,61,62,65,66,67,68). The third-order valence-electron chi connectivity index (χ3n) is 20.5. The summed E-state index contributed by atoms with van der Waals surface area (Å²) in [7, 11) is 9.15. The Morgan fingerprint density at radius 2 is 0.545 bits per heavy atom. The topological polar surface area (TPSA) is 157 Å². The molecule has 2 aromatic heterocycles. The second-order valence-electron chi connectivity index (χ2n) is 30.0. The lowest BCUT2D eigenvalue weighted by Crippen LogP contribution is -2.58. The van der Waals surface area contributed by atoms with Crippen LogP contribution in [0.5, 0.6) is 0 Å². The van der Waals surface area contributed by atoms with Crippen molar-refractivity contribution in [3.05, 3.63) is 0 Å². The smallest absolute Gasteiger partial charge is 0.232 e. The van der Waals surface area contributed by atoms with Gasteiger partial charge in [0, 0.05) is 110 Å². The number of hydrogen-bond donors (Lipinski definition) is 5. The molecule has 17 nitrogen and oxygen atoms in total. The number of nitrogens with one attached hydrogen (secondary N) is 5. The summed E-state index contributed by atoms with van der Waals surface area (Å²) in [6, 6.07) is 0. The second-order valence-corrected chi connectivity index (χ2v) is 30.0. The lowest BCUT2D eigenvalue weighted by molar-refractivity contribution is -0.0311. The number of piperazine rings is 1. The molecule has 0 saturated carbocycles. The number of aromatic nitrogens is 6. The van der Waals surface area contributed by atoms with Gasteiger partial charge in [0.15, 0.2) is 0 Å². The van der Waals surface area contributed by atoms with Crippen LogP contribution in [0.4, 0.5) is 35.7 Å². The second kappa shape index (κ2) is 23.6. The highest BCUT2D eigenvalue weighted by Crippen LogP contribution is 2.45. The van der Waals surface area contributed by atoms with E-state index in [1.165, 1.54) is 51.4 Å². The highest BCUT2D eigenvalue weighted by atomic mass is 15.4. The first kappa shape index (κ1) is 61.2. The molecular formula is C60H113N17. The molecule has 2 aromatic rings. The minimum atomic E-state index is 0.164. The quantitative estimate of drug-likeness (QED) is 0.0804. The zero-order chi connectivity index (χ0) is 56.6. The Hall–Kier alpha value is -3.38. The number of hydrogen-bond acceptors (Lipinski definition) is 17. The van der Waals surface area contributed by atoms with Gasteiger partial charge in [0.25, 0.3) is 0 Å². The first-order chi connectivity index (χ1) is 35.7. The summed E-state index contributed by atoms with van der Waals surface area (Å²) in [4.78, 5) is 45.1. The van der Waals surface area contributed by atoms with Crippen molar-refractivity contribution in [2.24, 2.45) is 23.7 Å².